The van der Waals surface area contributed by atoms with Gasteiger partial charge in [-0.15, -0.1) is 11.3 Å². The van der Waals surface area contributed by atoms with Crippen molar-refractivity contribution in [2.45, 2.75) is 26.4 Å². The zero-order valence-corrected chi connectivity index (χ0v) is 12.6. The van der Waals surface area contributed by atoms with Gasteiger partial charge in [0.05, 0.1) is 5.00 Å². The van der Waals surface area contributed by atoms with Crippen LogP contribution in [-0.4, -0.2) is 28.9 Å². The summed E-state index contributed by atoms with van der Waals surface area (Å²) in [5, 5.41) is 21.8. The van der Waals surface area contributed by atoms with Crippen molar-refractivity contribution in [3.05, 3.63) is 24.0 Å². The molecule has 21 heavy (non-hydrogen) atoms. The van der Waals surface area contributed by atoms with E-state index in [1.807, 2.05) is 0 Å². The first-order valence-electron chi connectivity index (χ1n) is 6.25. The third-order valence-electron chi connectivity index (χ3n) is 2.57. The van der Waals surface area contributed by atoms with Gasteiger partial charge < -0.3 is 14.8 Å². The van der Waals surface area contributed by atoms with Crippen LogP contribution >= 0.6 is 11.3 Å². The van der Waals surface area contributed by atoms with Crippen molar-refractivity contribution in [3.8, 4) is 0 Å². The lowest BCUT2D eigenvalue weighted by molar-refractivity contribution is 0.0636. The average molecular weight is 311 g/mol. The molecule has 2 aromatic rings. The topological polar surface area (TPSA) is 78.8 Å². The number of ether oxygens (including phenoxy) is 1. The third kappa shape index (κ3) is 3.72. The lowest BCUT2D eigenvalue weighted by Crippen LogP contribution is -2.33. The van der Waals surface area contributed by atoms with E-state index >= 15 is 0 Å². The van der Waals surface area contributed by atoms with Crippen LogP contribution < -0.4 is 10.8 Å². The Morgan fingerprint density at radius 1 is 1.38 bits per heavy atom. The summed E-state index contributed by atoms with van der Waals surface area (Å²) in [5.41, 5.74) is -0.833. The zero-order chi connectivity index (χ0) is 15.8. The molecule has 0 aliphatic rings. The van der Waals surface area contributed by atoms with E-state index in [-0.39, 0.29) is 5.46 Å². The number of nitrogens with one attached hydrogen (secondary N) is 1. The number of halogens is 1. The maximum Gasteiger partial charge on any atom is 0.492 e. The van der Waals surface area contributed by atoms with E-state index in [0.717, 1.165) is 6.07 Å². The van der Waals surface area contributed by atoms with Gasteiger partial charge in [-0.1, -0.05) is 0 Å². The van der Waals surface area contributed by atoms with Gasteiger partial charge >= 0.3 is 13.2 Å². The maximum absolute atomic E-state index is 13.6. The van der Waals surface area contributed by atoms with Gasteiger partial charge in [0.25, 0.3) is 0 Å². The quantitative estimate of drug-likeness (QED) is 0.742. The second kappa shape index (κ2) is 5.63. The van der Waals surface area contributed by atoms with Gasteiger partial charge in [0.15, 0.2) is 0 Å². The van der Waals surface area contributed by atoms with E-state index < -0.39 is 24.6 Å². The minimum Gasteiger partial charge on any atom is -0.444 e. The minimum absolute atomic E-state index is 0.207. The molecule has 3 N–H and O–H groups in total. The number of fused-ring (bicyclic) bond motifs is 1. The lowest BCUT2D eigenvalue weighted by Gasteiger charge is -2.19. The Kier molecular flexibility index (Phi) is 4.22. The van der Waals surface area contributed by atoms with Crippen LogP contribution in [0.5, 0.6) is 0 Å². The largest absolute Gasteiger partial charge is 0.492 e. The molecule has 0 atom stereocenters. The van der Waals surface area contributed by atoms with Gasteiger partial charge in [-0.3, -0.25) is 5.32 Å². The molecule has 0 aliphatic heterocycles. The first-order valence-corrected chi connectivity index (χ1v) is 7.07. The number of hydrogen-bond donors (Lipinski definition) is 3. The molecule has 0 fully saturated rings. The minimum atomic E-state index is -1.92. The Labute approximate surface area is 125 Å². The van der Waals surface area contributed by atoms with Gasteiger partial charge in [0.2, 0.25) is 0 Å². The number of carbonyl (C=O) groups excluding carboxylic acids is 1. The Balaban J connectivity index is 2.31. The van der Waals surface area contributed by atoms with Crippen molar-refractivity contribution < 1.29 is 24.0 Å². The molecular weight excluding hydrogens is 296 g/mol. The molecule has 1 heterocycles. The van der Waals surface area contributed by atoms with Gasteiger partial charge in [-0.05, 0) is 44.4 Å². The molecule has 0 saturated heterocycles. The van der Waals surface area contributed by atoms with Crippen LogP contribution in [0.25, 0.3) is 10.1 Å². The predicted octanol–water partition coefficient (Wildman–Crippen LogP) is 2.07. The molecule has 0 aliphatic carbocycles. The molecule has 8 heteroatoms. The van der Waals surface area contributed by atoms with Crippen molar-refractivity contribution in [1.82, 2.24) is 0 Å². The monoisotopic (exact) mass is 311 g/mol. The summed E-state index contributed by atoms with van der Waals surface area (Å²) in [6.07, 6.45) is -0.624. The zero-order valence-electron chi connectivity index (χ0n) is 11.8. The smallest absolute Gasteiger partial charge is 0.444 e. The molecule has 2 rings (SSSR count). The van der Waals surface area contributed by atoms with Gasteiger partial charge in [-0.25, -0.2) is 9.18 Å². The number of amides is 1. The molecule has 0 bridgehead atoms. The molecule has 1 aromatic carbocycles. The Morgan fingerprint density at radius 2 is 2.05 bits per heavy atom. The van der Waals surface area contributed by atoms with Crippen molar-refractivity contribution >= 4 is 45.1 Å². The molecule has 0 unspecified atom stereocenters. The highest BCUT2D eigenvalue weighted by atomic mass is 32.1. The number of thiophene rings is 1. The highest BCUT2D eigenvalue weighted by Crippen LogP contribution is 2.29. The maximum atomic E-state index is 13.6. The SMILES string of the molecule is CC(C)(C)OC(=O)Nc1cc2c(B(O)O)c(F)ccc2s1. The fraction of sp³-hybridized carbons (Fsp3) is 0.308. The van der Waals surface area contributed by atoms with Crippen LogP contribution in [0, 0.1) is 5.82 Å². The van der Waals surface area contributed by atoms with Gasteiger partial charge in [0, 0.05) is 10.2 Å². The summed E-state index contributed by atoms with van der Waals surface area (Å²) < 4.78 is 19.4. The summed E-state index contributed by atoms with van der Waals surface area (Å²) in [6.45, 7) is 5.23. The molecule has 0 saturated carbocycles. The first kappa shape index (κ1) is 15.7. The van der Waals surface area contributed by atoms with E-state index in [9.17, 15) is 19.2 Å². The highest BCUT2D eigenvalue weighted by Gasteiger charge is 2.22. The van der Waals surface area contributed by atoms with Crippen LogP contribution in [0.4, 0.5) is 14.2 Å². The van der Waals surface area contributed by atoms with E-state index in [2.05, 4.69) is 5.32 Å². The average Bonchev–Trinajstić information content (AvgIpc) is 2.67. The van der Waals surface area contributed by atoms with E-state index in [1.165, 1.54) is 23.5 Å². The second-order valence-electron chi connectivity index (χ2n) is 5.48. The van der Waals surface area contributed by atoms with Crippen LogP contribution in [0.3, 0.4) is 0 Å². The second-order valence-corrected chi connectivity index (χ2v) is 6.57. The van der Waals surface area contributed by atoms with Crippen LogP contribution in [-0.2, 0) is 4.74 Å². The summed E-state index contributed by atoms with van der Waals surface area (Å²) in [7, 11) is -1.92. The van der Waals surface area contributed by atoms with Crippen molar-refractivity contribution in [1.29, 1.82) is 0 Å². The van der Waals surface area contributed by atoms with E-state index in [4.69, 9.17) is 4.74 Å². The fourth-order valence-corrected chi connectivity index (χ4v) is 2.80. The van der Waals surface area contributed by atoms with Crippen LogP contribution in [0.15, 0.2) is 18.2 Å². The standard InChI is InChI=1S/C13H15BFNO4S/c1-13(2,3)20-12(17)16-10-6-7-9(21-10)5-4-8(15)11(7)14(18)19/h4-6,18-19H,1-3H3,(H,16,17). The molecule has 0 spiro atoms. The van der Waals surface area contributed by atoms with E-state index in [1.54, 1.807) is 20.8 Å². The summed E-state index contributed by atoms with van der Waals surface area (Å²) in [5.74, 6) is -0.709. The van der Waals surface area contributed by atoms with Crippen LogP contribution in [0.1, 0.15) is 20.8 Å². The molecular formula is C13H15BFNO4S. The van der Waals surface area contributed by atoms with Gasteiger partial charge in [0.1, 0.15) is 11.4 Å². The van der Waals surface area contributed by atoms with Crippen LogP contribution in [0.2, 0.25) is 0 Å². The number of hydrogen-bond acceptors (Lipinski definition) is 5. The summed E-state index contributed by atoms with van der Waals surface area (Å²) in [4.78, 5) is 11.7. The van der Waals surface area contributed by atoms with E-state index in [0.29, 0.717) is 15.1 Å². The molecule has 112 valence electrons. The Morgan fingerprint density at radius 3 is 2.62 bits per heavy atom. The fourth-order valence-electron chi connectivity index (χ4n) is 1.83. The summed E-state index contributed by atoms with van der Waals surface area (Å²) >= 11 is 1.19. The van der Waals surface area contributed by atoms with Crippen molar-refractivity contribution in [2.24, 2.45) is 0 Å². The summed E-state index contributed by atoms with van der Waals surface area (Å²) in [6, 6.07) is 4.16. The van der Waals surface area contributed by atoms with Crippen molar-refractivity contribution in [3.63, 3.8) is 0 Å². The molecule has 1 aromatic heterocycles. The number of rotatable bonds is 2. The van der Waals surface area contributed by atoms with Crippen molar-refractivity contribution in [2.75, 3.05) is 5.32 Å². The normalized spacial score (nSPS) is 11.5. The Hall–Kier alpha value is -1.64. The first-order chi connectivity index (χ1) is 9.67. The third-order valence-corrected chi connectivity index (χ3v) is 3.59. The predicted molar refractivity (Wildman–Crippen MR) is 81.5 cm³/mol. The number of benzene rings is 1. The lowest BCUT2D eigenvalue weighted by atomic mass is 9.78. The Bertz CT molecular complexity index is 681. The van der Waals surface area contributed by atoms with Gasteiger partial charge in [-0.2, -0.15) is 0 Å². The number of anilines is 1. The molecule has 5 nitrogen and oxygen atoms in total. The number of carbonyl (C=O) groups is 1. The molecule has 0 radical (unpaired) electrons. The highest BCUT2D eigenvalue weighted by molar-refractivity contribution is 7.23. The molecule has 1 amide bonds.